The second kappa shape index (κ2) is 8.16. The highest BCUT2D eigenvalue weighted by Crippen LogP contribution is 2.12. The number of aryl methyl sites for hydroxylation is 1. The summed E-state index contributed by atoms with van der Waals surface area (Å²) < 4.78 is 0. The summed E-state index contributed by atoms with van der Waals surface area (Å²) in [7, 11) is 0. The van der Waals surface area contributed by atoms with Gasteiger partial charge in [0.1, 0.15) is 0 Å². The molecule has 4 heteroatoms. The molecular formula is C14H22N2OS. The zero-order valence-corrected chi connectivity index (χ0v) is 11.9. The Hall–Kier alpha value is -1.00. The van der Waals surface area contributed by atoms with Gasteiger partial charge in [-0.1, -0.05) is 25.5 Å². The normalized spacial score (nSPS) is 12.2. The third kappa shape index (κ3) is 5.10. The largest absolute Gasteiger partial charge is 0.325 e. The lowest BCUT2D eigenvalue weighted by atomic mass is 10.1. The van der Waals surface area contributed by atoms with Crippen molar-refractivity contribution < 1.29 is 4.79 Å². The molecule has 0 aliphatic carbocycles. The van der Waals surface area contributed by atoms with Gasteiger partial charge in [0.15, 0.2) is 0 Å². The van der Waals surface area contributed by atoms with Crippen LogP contribution in [0.2, 0.25) is 0 Å². The van der Waals surface area contributed by atoms with Gasteiger partial charge in [0.2, 0.25) is 5.91 Å². The average Bonchev–Trinajstić information content (AvgIpc) is 2.38. The van der Waals surface area contributed by atoms with Crippen molar-refractivity contribution in [3.8, 4) is 0 Å². The van der Waals surface area contributed by atoms with Gasteiger partial charge in [-0.15, -0.1) is 0 Å². The molecule has 1 aromatic rings. The molecule has 1 rings (SSSR count). The Morgan fingerprint density at radius 1 is 1.39 bits per heavy atom. The fourth-order valence-electron chi connectivity index (χ4n) is 1.65. The van der Waals surface area contributed by atoms with Gasteiger partial charge in [-0.25, -0.2) is 0 Å². The Bertz CT molecular complexity index is 365. The maximum atomic E-state index is 11.7. The summed E-state index contributed by atoms with van der Waals surface area (Å²) in [6, 6.07) is 7.57. The first kappa shape index (κ1) is 15.1. The molecule has 0 saturated heterocycles. The first-order valence-electron chi connectivity index (χ1n) is 6.31. The van der Waals surface area contributed by atoms with E-state index in [1.54, 1.807) is 0 Å². The first-order valence-corrected chi connectivity index (χ1v) is 7.71. The number of hydrogen-bond acceptors (Lipinski definition) is 3. The summed E-state index contributed by atoms with van der Waals surface area (Å²) >= 11 is 1.83. The minimum absolute atomic E-state index is 0.103. The molecule has 0 aliphatic rings. The highest BCUT2D eigenvalue weighted by Gasteiger charge is 2.11. The standard InChI is InChI=1S/C14H22N2OS/c1-3-4-13(15)14(17)16-12-7-5-11(6-8-12)9-10-18-2/h5-8,13H,3-4,9-10,15H2,1-2H3,(H,16,17). The monoisotopic (exact) mass is 266 g/mol. The fraction of sp³-hybridized carbons (Fsp3) is 0.500. The predicted molar refractivity (Wildman–Crippen MR) is 80.0 cm³/mol. The second-order valence-electron chi connectivity index (χ2n) is 4.32. The summed E-state index contributed by atoms with van der Waals surface area (Å²) in [6.07, 6.45) is 4.80. The zero-order valence-electron chi connectivity index (χ0n) is 11.1. The Labute approximate surface area is 114 Å². The number of amides is 1. The molecule has 18 heavy (non-hydrogen) atoms. The van der Waals surface area contributed by atoms with Crippen LogP contribution in [0.3, 0.4) is 0 Å². The summed E-state index contributed by atoms with van der Waals surface area (Å²) in [5.74, 6) is 1.02. The van der Waals surface area contributed by atoms with Gasteiger partial charge in [0.05, 0.1) is 6.04 Å². The number of nitrogens with one attached hydrogen (secondary N) is 1. The van der Waals surface area contributed by atoms with Gasteiger partial charge in [-0.3, -0.25) is 4.79 Å². The van der Waals surface area contributed by atoms with Gasteiger partial charge in [-0.2, -0.15) is 11.8 Å². The van der Waals surface area contributed by atoms with Crippen LogP contribution in [0, 0.1) is 0 Å². The van der Waals surface area contributed by atoms with E-state index in [0.29, 0.717) is 0 Å². The predicted octanol–water partition coefficient (Wildman–Crippen LogP) is 2.66. The molecule has 0 fully saturated rings. The molecule has 1 atom stereocenters. The van der Waals surface area contributed by atoms with E-state index in [1.807, 2.05) is 30.8 Å². The lowest BCUT2D eigenvalue weighted by molar-refractivity contribution is -0.117. The Morgan fingerprint density at radius 2 is 2.06 bits per heavy atom. The summed E-state index contributed by atoms with van der Waals surface area (Å²) in [6.45, 7) is 2.02. The number of nitrogens with two attached hydrogens (primary N) is 1. The number of benzene rings is 1. The van der Waals surface area contributed by atoms with E-state index in [-0.39, 0.29) is 5.91 Å². The van der Waals surface area contributed by atoms with Gasteiger partial charge in [-0.05, 0) is 42.5 Å². The van der Waals surface area contributed by atoms with Crippen LogP contribution in [-0.4, -0.2) is 24.0 Å². The molecule has 1 aromatic carbocycles. The van der Waals surface area contributed by atoms with E-state index >= 15 is 0 Å². The molecule has 0 aliphatic heterocycles. The van der Waals surface area contributed by atoms with Crippen LogP contribution in [0.4, 0.5) is 5.69 Å². The fourth-order valence-corrected chi connectivity index (χ4v) is 2.09. The molecule has 0 aromatic heterocycles. The van der Waals surface area contributed by atoms with Crippen molar-refractivity contribution in [1.82, 2.24) is 0 Å². The topological polar surface area (TPSA) is 55.1 Å². The Balaban J connectivity index is 2.50. The summed E-state index contributed by atoms with van der Waals surface area (Å²) in [4.78, 5) is 11.7. The SMILES string of the molecule is CCCC(N)C(=O)Nc1ccc(CCSC)cc1. The molecule has 3 nitrogen and oxygen atoms in total. The first-order chi connectivity index (χ1) is 8.67. The van der Waals surface area contributed by atoms with Crippen molar-refractivity contribution in [2.75, 3.05) is 17.3 Å². The average molecular weight is 266 g/mol. The molecule has 1 amide bonds. The van der Waals surface area contributed by atoms with Crippen LogP contribution in [-0.2, 0) is 11.2 Å². The van der Waals surface area contributed by atoms with Crippen LogP contribution in [0.5, 0.6) is 0 Å². The Morgan fingerprint density at radius 3 is 2.61 bits per heavy atom. The smallest absolute Gasteiger partial charge is 0.241 e. The number of carbonyl (C=O) groups excluding carboxylic acids is 1. The lowest BCUT2D eigenvalue weighted by Gasteiger charge is -2.11. The van der Waals surface area contributed by atoms with Gasteiger partial charge in [0.25, 0.3) is 0 Å². The van der Waals surface area contributed by atoms with E-state index in [4.69, 9.17) is 5.73 Å². The molecule has 0 saturated carbocycles. The zero-order chi connectivity index (χ0) is 13.4. The molecule has 0 bridgehead atoms. The number of carbonyl (C=O) groups is 1. The maximum absolute atomic E-state index is 11.7. The van der Waals surface area contributed by atoms with Crippen LogP contribution in [0.15, 0.2) is 24.3 Å². The van der Waals surface area contributed by atoms with Crippen LogP contribution in [0.25, 0.3) is 0 Å². The minimum Gasteiger partial charge on any atom is -0.325 e. The van der Waals surface area contributed by atoms with E-state index in [1.165, 1.54) is 5.56 Å². The van der Waals surface area contributed by atoms with E-state index in [9.17, 15) is 4.79 Å². The van der Waals surface area contributed by atoms with Gasteiger partial charge >= 0.3 is 0 Å². The highest BCUT2D eigenvalue weighted by molar-refractivity contribution is 7.98. The molecule has 0 spiro atoms. The summed E-state index contributed by atoms with van der Waals surface area (Å²) in [5, 5.41) is 2.84. The number of thioether (sulfide) groups is 1. The van der Waals surface area contributed by atoms with Crippen molar-refractivity contribution >= 4 is 23.4 Å². The molecular weight excluding hydrogens is 244 g/mol. The van der Waals surface area contributed by atoms with Crippen LogP contribution >= 0.6 is 11.8 Å². The number of anilines is 1. The van der Waals surface area contributed by atoms with Crippen molar-refractivity contribution in [2.45, 2.75) is 32.2 Å². The third-order valence-corrected chi connectivity index (χ3v) is 3.37. The Kier molecular flexibility index (Phi) is 6.83. The van der Waals surface area contributed by atoms with Crippen molar-refractivity contribution in [2.24, 2.45) is 5.73 Å². The van der Waals surface area contributed by atoms with Crippen LogP contribution in [0.1, 0.15) is 25.3 Å². The number of rotatable bonds is 7. The van der Waals surface area contributed by atoms with Crippen molar-refractivity contribution in [3.05, 3.63) is 29.8 Å². The van der Waals surface area contributed by atoms with E-state index in [2.05, 4.69) is 23.7 Å². The van der Waals surface area contributed by atoms with Crippen LogP contribution < -0.4 is 11.1 Å². The highest BCUT2D eigenvalue weighted by atomic mass is 32.2. The van der Waals surface area contributed by atoms with Crippen molar-refractivity contribution in [3.63, 3.8) is 0 Å². The maximum Gasteiger partial charge on any atom is 0.241 e. The lowest BCUT2D eigenvalue weighted by Crippen LogP contribution is -2.35. The summed E-state index contributed by atoms with van der Waals surface area (Å²) in [5.41, 5.74) is 7.87. The quantitative estimate of drug-likeness (QED) is 0.797. The molecule has 0 radical (unpaired) electrons. The molecule has 0 heterocycles. The van der Waals surface area contributed by atoms with Crippen molar-refractivity contribution in [1.29, 1.82) is 0 Å². The molecule has 1 unspecified atom stereocenters. The third-order valence-electron chi connectivity index (χ3n) is 2.75. The van der Waals surface area contributed by atoms with Gasteiger partial charge in [0, 0.05) is 5.69 Å². The molecule has 100 valence electrons. The van der Waals surface area contributed by atoms with E-state index < -0.39 is 6.04 Å². The minimum atomic E-state index is -0.411. The second-order valence-corrected chi connectivity index (χ2v) is 5.31. The molecule has 3 N–H and O–H groups in total. The van der Waals surface area contributed by atoms with E-state index in [0.717, 1.165) is 30.7 Å². The van der Waals surface area contributed by atoms with Gasteiger partial charge < -0.3 is 11.1 Å². The number of hydrogen-bond donors (Lipinski definition) is 2.